The van der Waals surface area contributed by atoms with E-state index < -0.39 is 12.7 Å². The zero-order valence-electron chi connectivity index (χ0n) is 25.1. The number of oxime groups is 1. The van der Waals surface area contributed by atoms with E-state index in [2.05, 4.69) is 55.4 Å². The van der Waals surface area contributed by atoms with Crippen LogP contribution in [0.1, 0.15) is 76.4 Å². The molecule has 0 spiro atoms. The Kier molecular flexibility index (Phi) is 7.46. The molecular formula is C31H41BN4O6. The predicted molar refractivity (Wildman–Crippen MR) is 156 cm³/mol. The Balaban J connectivity index is 1.19. The molecule has 2 aromatic rings. The quantitative estimate of drug-likeness (QED) is 0.411. The Hall–Kier alpha value is -3.18. The summed E-state index contributed by atoms with van der Waals surface area (Å²) in [6.07, 6.45) is 5.89. The van der Waals surface area contributed by atoms with Gasteiger partial charge in [-0.25, -0.2) is 4.98 Å². The number of oxazole rings is 1. The van der Waals surface area contributed by atoms with Gasteiger partial charge in [0, 0.05) is 12.8 Å². The Morgan fingerprint density at radius 2 is 1.93 bits per heavy atom. The molecule has 3 aliphatic carbocycles. The van der Waals surface area contributed by atoms with Crippen molar-refractivity contribution in [2.75, 3.05) is 6.54 Å². The Bertz CT molecular complexity index is 1330. The Morgan fingerprint density at radius 1 is 1.14 bits per heavy atom. The van der Waals surface area contributed by atoms with Crippen molar-refractivity contribution in [3.63, 3.8) is 0 Å². The van der Waals surface area contributed by atoms with Gasteiger partial charge in [0.1, 0.15) is 6.26 Å². The van der Waals surface area contributed by atoms with Crippen LogP contribution in [-0.4, -0.2) is 59.4 Å². The van der Waals surface area contributed by atoms with E-state index in [1.807, 2.05) is 30.3 Å². The first-order valence-electron chi connectivity index (χ1n) is 15.1. The number of amides is 2. The third-order valence-electron chi connectivity index (χ3n) is 10.0. The first-order valence-corrected chi connectivity index (χ1v) is 15.1. The average molecular weight is 577 g/mol. The number of nitrogens with one attached hydrogen (secondary N) is 2. The van der Waals surface area contributed by atoms with E-state index in [9.17, 15) is 9.59 Å². The van der Waals surface area contributed by atoms with Gasteiger partial charge in [-0.2, -0.15) is 0 Å². The second kappa shape index (κ2) is 10.8. The van der Waals surface area contributed by atoms with Gasteiger partial charge in [0.2, 0.25) is 5.60 Å². The maximum Gasteiger partial charge on any atom is 0.481 e. The molecule has 42 heavy (non-hydrogen) atoms. The summed E-state index contributed by atoms with van der Waals surface area (Å²) in [6, 6.07) is 9.75. The van der Waals surface area contributed by atoms with Crippen molar-refractivity contribution in [2.24, 2.45) is 28.3 Å². The van der Waals surface area contributed by atoms with Crippen molar-refractivity contribution >= 4 is 24.6 Å². The van der Waals surface area contributed by atoms with Gasteiger partial charge in [-0.05, 0) is 54.9 Å². The minimum atomic E-state index is -1.27. The topological polar surface area (TPSA) is 124 Å². The number of nitrogens with zero attached hydrogens (tertiary/aromatic N) is 2. The van der Waals surface area contributed by atoms with Crippen LogP contribution < -0.4 is 10.6 Å². The molecule has 3 heterocycles. The van der Waals surface area contributed by atoms with E-state index >= 15 is 0 Å². The summed E-state index contributed by atoms with van der Waals surface area (Å²) in [5, 5.41) is 10.3. The maximum absolute atomic E-state index is 14.2. The van der Waals surface area contributed by atoms with Crippen LogP contribution in [0.15, 0.2) is 52.6 Å². The van der Waals surface area contributed by atoms with E-state index in [-0.39, 0.29) is 53.5 Å². The van der Waals surface area contributed by atoms with Crippen molar-refractivity contribution in [2.45, 2.75) is 90.0 Å². The summed E-state index contributed by atoms with van der Waals surface area (Å²) in [7, 11) is -0.543. The zero-order valence-corrected chi connectivity index (χ0v) is 25.1. The van der Waals surface area contributed by atoms with Crippen LogP contribution in [-0.2, 0) is 25.4 Å². The predicted octanol–water partition coefficient (Wildman–Crippen LogP) is 3.96. The molecular weight excluding hydrogens is 535 g/mol. The van der Waals surface area contributed by atoms with Crippen molar-refractivity contribution < 1.29 is 28.2 Å². The molecule has 1 aromatic heterocycles. The number of benzene rings is 1. The summed E-state index contributed by atoms with van der Waals surface area (Å²) >= 11 is 0. The first-order chi connectivity index (χ1) is 20.0. The van der Waals surface area contributed by atoms with Crippen LogP contribution in [0.3, 0.4) is 0 Å². The SMILES string of the molecule is CC(C)C[C@H](NC(=O)C1(Cc2ccccc2)CC(CNC(=O)c2cocn2)=NO1)B1O[C@@H]2C[C@@H]3C[C@@H](C3(C)C)[C@]2(C)O1. The van der Waals surface area contributed by atoms with Gasteiger partial charge in [0.25, 0.3) is 11.8 Å². The average Bonchev–Trinajstić information content (AvgIpc) is 3.70. The third-order valence-corrected chi connectivity index (χ3v) is 10.0. The molecule has 2 amide bonds. The Morgan fingerprint density at radius 3 is 2.62 bits per heavy atom. The standard InChI is InChI=1S/C31H41BN4O6/c1-19(2)11-26(32-40-25-13-21-12-24(29(21,3)4)30(25,5)41-32)35-28(38)31(14-20-9-7-6-8-10-20)15-22(36-42-31)16-33-27(37)23-17-39-18-34-23/h6-10,17-19,21,24-26H,11-16H2,1-5H3,(H,33,37)(H,35,38)/t21-,24-,25+,26-,30-,31?/m0/s1. The molecule has 10 nitrogen and oxygen atoms in total. The van der Waals surface area contributed by atoms with Gasteiger partial charge >= 0.3 is 7.12 Å². The van der Waals surface area contributed by atoms with Crippen LogP contribution in [0.4, 0.5) is 0 Å². The van der Waals surface area contributed by atoms with Gasteiger partial charge in [-0.15, -0.1) is 0 Å². The highest BCUT2D eigenvalue weighted by atomic mass is 16.7. The van der Waals surface area contributed by atoms with Crippen molar-refractivity contribution in [1.82, 2.24) is 15.6 Å². The summed E-state index contributed by atoms with van der Waals surface area (Å²) in [6.45, 7) is 11.3. The number of hydrogen-bond acceptors (Lipinski definition) is 8. The Labute approximate surface area is 247 Å². The monoisotopic (exact) mass is 576 g/mol. The minimum absolute atomic E-state index is 0.0233. The highest BCUT2D eigenvalue weighted by Crippen LogP contribution is 2.65. The van der Waals surface area contributed by atoms with E-state index in [0.29, 0.717) is 36.3 Å². The minimum Gasteiger partial charge on any atom is -0.451 e. The highest BCUT2D eigenvalue weighted by molar-refractivity contribution is 6.48. The largest absolute Gasteiger partial charge is 0.481 e. The molecule has 11 heteroatoms. The van der Waals surface area contributed by atoms with Gasteiger partial charge in [0.15, 0.2) is 12.1 Å². The van der Waals surface area contributed by atoms with Crippen LogP contribution >= 0.6 is 0 Å². The van der Waals surface area contributed by atoms with Crippen LogP contribution in [0.2, 0.25) is 0 Å². The molecule has 7 rings (SSSR count). The molecule has 1 saturated heterocycles. The molecule has 5 aliphatic rings. The number of carbonyl (C=O) groups excluding carboxylic acids is 2. The van der Waals surface area contributed by atoms with Crippen molar-refractivity contribution in [3.05, 3.63) is 54.2 Å². The van der Waals surface area contributed by atoms with Crippen molar-refractivity contribution in [3.8, 4) is 0 Å². The normalized spacial score (nSPS) is 31.5. The molecule has 1 unspecified atom stereocenters. The fourth-order valence-corrected chi connectivity index (χ4v) is 7.58. The van der Waals surface area contributed by atoms with E-state index in [4.69, 9.17) is 18.6 Å². The van der Waals surface area contributed by atoms with Crippen LogP contribution in [0.5, 0.6) is 0 Å². The van der Waals surface area contributed by atoms with E-state index in [1.54, 1.807) is 0 Å². The van der Waals surface area contributed by atoms with Gasteiger partial charge in [-0.1, -0.05) is 63.2 Å². The molecule has 3 saturated carbocycles. The lowest BCUT2D eigenvalue weighted by atomic mass is 9.43. The number of carbonyl (C=O) groups is 2. The van der Waals surface area contributed by atoms with E-state index in [1.165, 1.54) is 19.1 Å². The molecule has 0 radical (unpaired) electrons. The second-order valence-corrected chi connectivity index (χ2v) is 13.7. The number of aromatic nitrogens is 1. The number of hydrogen-bond donors (Lipinski definition) is 2. The molecule has 6 atom stereocenters. The molecule has 1 aromatic carbocycles. The lowest BCUT2D eigenvalue weighted by molar-refractivity contribution is -0.199. The lowest BCUT2D eigenvalue weighted by Crippen LogP contribution is -2.65. The summed E-state index contributed by atoms with van der Waals surface area (Å²) < 4.78 is 18.3. The molecule has 4 fully saturated rings. The van der Waals surface area contributed by atoms with Crippen LogP contribution in [0.25, 0.3) is 0 Å². The smallest absolute Gasteiger partial charge is 0.451 e. The first kappa shape index (κ1) is 28.9. The second-order valence-electron chi connectivity index (χ2n) is 13.7. The molecule has 2 N–H and O–H groups in total. The molecule has 2 bridgehead atoms. The van der Waals surface area contributed by atoms with Gasteiger partial charge in [0.05, 0.1) is 29.9 Å². The lowest BCUT2D eigenvalue weighted by Gasteiger charge is -2.64. The van der Waals surface area contributed by atoms with Crippen LogP contribution in [0, 0.1) is 23.2 Å². The van der Waals surface area contributed by atoms with E-state index in [0.717, 1.165) is 12.0 Å². The molecule has 224 valence electrons. The third kappa shape index (κ3) is 5.15. The summed E-state index contributed by atoms with van der Waals surface area (Å²) in [5.74, 6) is 0.363. The van der Waals surface area contributed by atoms with Gasteiger partial charge < -0.3 is 29.2 Å². The highest BCUT2D eigenvalue weighted by Gasteiger charge is 2.68. The zero-order chi connectivity index (χ0) is 29.7. The van der Waals surface area contributed by atoms with Gasteiger partial charge in [-0.3, -0.25) is 9.59 Å². The summed E-state index contributed by atoms with van der Waals surface area (Å²) in [5.41, 5.74) is 0.272. The van der Waals surface area contributed by atoms with Crippen molar-refractivity contribution in [1.29, 1.82) is 0 Å². The fourth-order valence-electron chi connectivity index (χ4n) is 7.58. The summed E-state index contributed by atoms with van der Waals surface area (Å²) in [4.78, 5) is 36.5. The fraction of sp³-hybridized carbons (Fsp3) is 0.613. The maximum atomic E-state index is 14.2. The molecule has 2 aliphatic heterocycles. The number of rotatable bonds is 10.